The number of carbonyl (C=O) groups excluding carboxylic acids is 1. The van der Waals surface area contributed by atoms with Gasteiger partial charge in [-0.05, 0) is 120 Å². The van der Waals surface area contributed by atoms with Crippen LogP contribution in [-0.4, -0.2) is 48.2 Å². The minimum absolute atomic E-state index is 0.0292. The summed E-state index contributed by atoms with van der Waals surface area (Å²) in [5, 5.41) is 13.7. The van der Waals surface area contributed by atoms with Gasteiger partial charge in [-0.15, -0.1) is 0 Å². The number of methoxy groups -OCH3 is 1. The molecule has 0 bridgehead atoms. The number of hydrogen-bond acceptors (Lipinski definition) is 6. The third kappa shape index (κ3) is 8.38. The van der Waals surface area contributed by atoms with Gasteiger partial charge in [0.1, 0.15) is 5.75 Å². The molecule has 3 aromatic carbocycles. The summed E-state index contributed by atoms with van der Waals surface area (Å²) in [7, 11) is -0.139. The minimum Gasteiger partial charge on any atom is -0.497 e. The van der Waals surface area contributed by atoms with E-state index >= 15 is 0 Å². The fourth-order valence-corrected chi connectivity index (χ4v) is 8.98. The second kappa shape index (κ2) is 14.9. The summed E-state index contributed by atoms with van der Waals surface area (Å²) >= 11 is 0. The molecule has 2 fully saturated rings. The van der Waals surface area contributed by atoms with Crippen LogP contribution in [0.2, 0.25) is 18.1 Å². The zero-order valence-electron chi connectivity index (χ0n) is 34.3. The molecule has 2 heterocycles. The average molecular weight is 758 g/mol. The summed E-state index contributed by atoms with van der Waals surface area (Å²) in [6.07, 6.45) is 8.20. The number of nitrogens with zero attached hydrogens (tertiary/aromatic N) is 3. The molecule has 8 nitrogen and oxygen atoms in total. The lowest BCUT2D eigenvalue weighted by atomic mass is 9.86. The van der Waals surface area contributed by atoms with Gasteiger partial charge in [0.25, 0.3) is 5.91 Å². The number of rotatable bonds is 11. The molecule has 0 spiro atoms. The summed E-state index contributed by atoms with van der Waals surface area (Å²) in [6.45, 7) is 18.8. The lowest BCUT2D eigenvalue weighted by Gasteiger charge is -2.41. The van der Waals surface area contributed by atoms with Crippen molar-refractivity contribution in [1.29, 1.82) is 0 Å². The van der Waals surface area contributed by atoms with Gasteiger partial charge >= 0.3 is 0 Å². The van der Waals surface area contributed by atoms with Crippen LogP contribution in [0.1, 0.15) is 107 Å². The molecule has 2 aliphatic rings. The first kappa shape index (κ1) is 38.8. The molecular formula is C46H59N5O3Si. The van der Waals surface area contributed by atoms with E-state index in [1.165, 1.54) is 5.56 Å². The van der Waals surface area contributed by atoms with E-state index in [-0.39, 0.29) is 21.9 Å². The molecule has 55 heavy (non-hydrogen) atoms. The molecule has 0 radical (unpaired) electrons. The Balaban J connectivity index is 1.14. The molecule has 290 valence electrons. The number of fused-ring (bicyclic) bond motifs is 1. The van der Waals surface area contributed by atoms with Crippen molar-refractivity contribution in [3.05, 3.63) is 107 Å². The molecule has 0 unspecified atom stereocenters. The predicted octanol–water partition coefficient (Wildman–Crippen LogP) is 10.6. The Hall–Kier alpha value is -4.47. The number of ether oxygens (including phenoxy) is 1. The molecule has 5 aromatic rings. The van der Waals surface area contributed by atoms with Gasteiger partial charge in [0.15, 0.2) is 19.8 Å². The van der Waals surface area contributed by atoms with Crippen LogP contribution in [0.3, 0.4) is 0 Å². The van der Waals surface area contributed by atoms with Crippen molar-refractivity contribution in [2.75, 3.05) is 12.4 Å². The fourth-order valence-electron chi connectivity index (χ4n) is 7.56. The number of hydrogen-bond donors (Lipinski definition) is 2. The maximum Gasteiger partial charge on any atom is 0.251 e. The van der Waals surface area contributed by atoms with E-state index in [9.17, 15) is 4.79 Å². The highest BCUT2D eigenvalue weighted by Gasteiger charge is 2.46. The largest absolute Gasteiger partial charge is 0.497 e. The molecule has 1 amide bonds. The molecule has 0 saturated heterocycles. The molecular weight excluding hydrogens is 699 g/mol. The van der Waals surface area contributed by atoms with Crippen molar-refractivity contribution >= 4 is 31.1 Å². The number of pyridine rings is 1. The normalized spacial score (nSPS) is 18.6. The van der Waals surface area contributed by atoms with Crippen molar-refractivity contribution in [2.45, 2.75) is 128 Å². The van der Waals surface area contributed by atoms with Crippen LogP contribution in [0, 0.1) is 0 Å². The highest BCUT2D eigenvalue weighted by atomic mass is 28.4. The summed E-state index contributed by atoms with van der Waals surface area (Å²) in [6, 6.07) is 27.3. The second-order valence-electron chi connectivity index (χ2n) is 18.3. The topological polar surface area (TPSA) is 90.3 Å². The lowest BCUT2D eigenvalue weighted by molar-refractivity contribution is 0.0930. The van der Waals surface area contributed by atoms with E-state index in [1.54, 1.807) is 7.11 Å². The van der Waals surface area contributed by atoms with Gasteiger partial charge < -0.3 is 19.8 Å². The van der Waals surface area contributed by atoms with Gasteiger partial charge in [-0.25, -0.2) is 9.67 Å². The molecule has 2 aromatic heterocycles. The summed E-state index contributed by atoms with van der Waals surface area (Å²) in [5.41, 5.74) is 6.89. The van der Waals surface area contributed by atoms with Crippen molar-refractivity contribution < 1.29 is 14.0 Å². The summed E-state index contributed by atoms with van der Waals surface area (Å²) in [4.78, 5) is 18.3. The highest BCUT2D eigenvalue weighted by molar-refractivity contribution is 6.74. The van der Waals surface area contributed by atoms with Gasteiger partial charge in [-0.1, -0.05) is 90.1 Å². The number of nitrogens with one attached hydrogen (secondary N) is 2. The maximum absolute atomic E-state index is 13.4. The van der Waals surface area contributed by atoms with Crippen molar-refractivity contribution in [3.8, 4) is 16.9 Å². The first-order valence-electron chi connectivity index (χ1n) is 20.0. The van der Waals surface area contributed by atoms with Crippen LogP contribution >= 0.6 is 0 Å². The molecule has 7 rings (SSSR count). The monoisotopic (exact) mass is 757 g/mol. The Labute approximate surface area is 328 Å². The van der Waals surface area contributed by atoms with Crippen LogP contribution in [0.25, 0.3) is 22.2 Å². The van der Waals surface area contributed by atoms with Crippen molar-refractivity contribution in [2.24, 2.45) is 0 Å². The number of amides is 1. The Bertz CT molecular complexity index is 2110. The quantitative estimate of drug-likeness (QED) is 0.130. The second-order valence-corrected chi connectivity index (χ2v) is 23.1. The number of carbonyl (C=O) groups is 1. The molecule has 2 aliphatic carbocycles. The fraction of sp³-hybridized carbons (Fsp3) is 0.457. The Kier molecular flexibility index (Phi) is 10.5. The first-order chi connectivity index (χ1) is 26.0. The van der Waals surface area contributed by atoms with E-state index < -0.39 is 8.32 Å². The molecule has 2 N–H and O–H groups in total. The Morgan fingerprint density at radius 3 is 2.11 bits per heavy atom. The van der Waals surface area contributed by atoms with E-state index in [4.69, 9.17) is 19.2 Å². The lowest BCUT2D eigenvalue weighted by Crippen LogP contribution is -2.45. The summed E-state index contributed by atoms with van der Waals surface area (Å²) in [5.74, 6) is 1.67. The molecule has 0 atom stereocenters. The molecule has 2 saturated carbocycles. The van der Waals surface area contributed by atoms with E-state index in [1.807, 2.05) is 35.1 Å². The smallest absolute Gasteiger partial charge is 0.251 e. The van der Waals surface area contributed by atoms with Gasteiger partial charge in [0, 0.05) is 23.9 Å². The summed E-state index contributed by atoms with van der Waals surface area (Å²) < 4.78 is 14.2. The van der Waals surface area contributed by atoms with Crippen molar-refractivity contribution in [3.63, 3.8) is 0 Å². The zero-order chi connectivity index (χ0) is 39.2. The van der Waals surface area contributed by atoms with Gasteiger partial charge in [0.05, 0.1) is 24.6 Å². The zero-order valence-corrected chi connectivity index (χ0v) is 35.3. The highest BCUT2D eigenvalue weighted by Crippen LogP contribution is 2.47. The first-order valence-corrected chi connectivity index (χ1v) is 22.9. The van der Waals surface area contributed by atoms with Crippen LogP contribution in [0.5, 0.6) is 5.75 Å². The Morgan fingerprint density at radius 1 is 0.873 bits per heavy atom. The van der Waals surface area contributed by atoms with Gasteiger partial charge in [0.2, 0.25) is 0 Å². The van der Waals surface area contributed by atoms with Crippen LogP contribution in [0.15, 0.2) is 85.1 Å². The van der Waals surface area contributed by atoms with E-state index in [2.05, 4.69) is 120 Å². The van der Waals surface area contributed by atoms with Gasteiger partial charge in [-0.2, -0.15) is 5.10 Å². The molecule has 9 heteroatoms. The third-order valence-corrected chi connectivity index (χ3v) is 16.8. The Morgan fingerprint density at radius 2 is 1.53 bits per heavy atom. The predicted molar refractivity (Wildman–Crippen MR) is 227 cm³/mol. The third-order valence-electron chi connectivity index (χ3n) is 12.3. The van der Waals surface area contributed by atoms with Crippen LogP contribution < -0.4 is 15.4 Å². The molecule has 0 aliphatic heterocycles. The maximum atomic E-state index is 13.4. The van der Waals surface area contributed by atoms with Crippen LogP contribution in [0.4, 0.5) is 5.82 Å². The number of anilines is 1. The van der Waals surface area contributed by atoms with Crippen LogP contribution in [-0.2, 0) is 21.9 Å². The number of aromatic nitrogens is 3. The standard InChI is InChI=1S/C46H59N5O3Si/c1-44(2,3)34-16-14-33(15-17-34)43(52)49-46(27-28-46)35-18-12-32(13-19-35)39-26-29-47-42-40(39)41(50-51(42)30-31-10-22-37(53-7)23-11-31)48-36-20-24-38(25-21-36)54-55(8,9)45(4,5)6/h10-19,22-23,26,29,36,38H,20-21,24-25,27-28,30H2,1-9H3,(H,48,50)(H,49,52)/t36-,38-. The average Bonchev–Trinajstić information content (AvgIpc) is 3.86. The minimum atomic E-state index is -1.83. The van der Waals surface area contributed by atoms with Crippen molar-refractivity contribution in [1.82, 2.24) is 20.1 Å². The van der Waals surface area contributed by atoms with E-state index in [0.29, 0.717) is 24.3 Å². The van der Waals surface area contributed by atoms with Gasteiger partial charge in [-0.3, -0.25) is 4.79 Å². The SMILES string of the molecule is COc1ccc(Cn2nc(N[C@H]3CC[C@H](O[Si](C)(C)C(C)(C)C)CC3)c3c(-c4ccc(C5(NC(=O)c6ccc(C(C)(C)C)cc6)CC5)cc4)ccnc32)cc1. The van der Waals surface area contributed by atoms with E-state index in [0.717, 1.165) is 83.4 Å². The number of benzene rings is 3.